The fourth-order valence-corrected chi connectivity index (χ4v) is 3.86. The summed E-state index contributed by atoms with van der Waals surface area (Å²) in [6, 6.07) is 37.8. The van der Waals surface area contributed by atoms with E-state index in [-0.39, 0.29) is 0 Å². The molecule has 0 atom stereocenters. The Hall–Kier alpha value is -4.11. The van der Waals surface area contributed by atoms with E-state index in [9.17, 15) is 0 Å². The molecule has 0 aliphatic rings. The summed E-state index contributed by atoms with van der Waals surface area (Å²) in [5, 5.41) is 8.80. The highest BCUT2D eigenvalue weighted by molar-refractivity contribution is 5.91. The minimum Gasteiger partial charge on any atom is -0.340 e. The maximum atomic E-state index is 5.12. The van der Waals surface area contributed by atoms with Crippen molar-refractivity contribution in [3.05, 3.63) is 120 Å². The first-order valence-corrected chi connectivity index (χ1v) is 10.8. The van der Waals surface area contributed by atoms with Gasteiger partial charge in [-0.15, -0.1) is 0 Å². The molecule has 1 heterocycles. The summed E-state index contributed by atoms with van der Waals surface area (Å²) in [6.07, 6.45) is 0. The first kappa shape index (κ1) is 19.8. The van der Waals surface area contributed by atoms with Crippen molar-refractivity contribution < 1.29 is 0 Å². The highest BCUT2D eigenvalue weighted by atomic mass is 15.3. The van der Waals surface area contributed by atoms with Gasteiger partial charge >= 0.3 is 0 Å². The predicted molar refractivity (Wildman–Crippen MR) is 134 cm³/mol. The van der Waals surface area contributed by atoms with Crippen molar-refractivity contribution >= 4 is 11.5 Å². The van der Waals surface area contributed by atoms with Gasteiger partial charge < -0.3 is 5.32 Å². The fourth-order valence-electron chi connectivity index (χ4n) is 3.86. The molecule has 3 heteroatoms. The number of hydrogen-bond acceptors (Lipinski definition) is 2. The van der Waals surface area contributed by atoms with Crippen molar-refractivity contribution in [3.63, 3.8) is 0 Å². The Kier molecular flexibility index (Phi) is 5.30. The molecular formula is C29H25N3. The number of aryl methyl sites for hydroxylation is 2. The summed E-state index contributed by atoms with van der Waals surface area (Å²) < 4.78 is 2.02. The third-order valence-corrected chi connectivity index (χ3v) is 5.59. The topological polar surface area (TPSA) is 29.9 Å². The van der Waals surface area contributed by atoms with E-state index >= 15 is 0 Å². The third-order valence-electron chi connectivity index (χ3n) is 5.59. The fraction of sp³-hybridized carbons (Fsp3) is 0.0690. The zero-order valence-electron chi connectivity index (χ0n) is 18.3. The Labute approximate surface area is 189 Å². The predicted octanol–water partition coefficient (Wildman–Crippen LogP) is 7.57. The lowest BCUT2D eigenvalue weighted by Gasteiger charge is -2.13. The van der Waals surface area contributed by atoms with E-state index in [4.69, 9.17) is 5.10 Å². The number of anilines is 2. The Bertz CT molecular complexity index is 1320. The quantitative estimate of drug-likeness (QED) is 0.321. The van der Waals surface area contributed by atoms with Gasteiger partial charge in [-0.2, -0.15) is 5.10 Å². The van der Waals surface area contributed by atoms with Gasteiger partial charge in [0.05, 0.1) is 11.3 Å². The van der Waals surface area contributed by atoms with Gasteiger partial charge in [-0.1, -0.05) is 96.1 Å². The molecule has 5 rings (SSSR count). The number of nitrogens with one attached hydrogen (secondary N) is 1. The molecule has 0 saturated heterocycles. The molecule has 0 bridgehead atoms. The van der Waals surface area contributed by atoms with Gasteiger partial charge in [-0.3, -0.25) is 0 Å². The number of nitrogens with zero attached hydrogens (tertiary/aromatic N) is 2. The van der Waals surface area contributed by atoms with Gasteiger partial charge in [-0.25, -0.2) is 4.68 Å². The van der Waals surface area contributed by atoms with Crippen LogP contribution >= 0.6 is 0 Å². The molecule has 0 aliphatic heterocycles. The summed E-state index contributed by atoms with van der Waals surface area (Å²) in [5.41, 5.74) is 8.75. The molecule has 0 aliphatic carbocycles. The van der Waals surface area contributed by atoms with E-state index in [1.807, 2.05) is 16.8 Å². The summed E-state index contributed by atoms with van der Waals surface area (Å²) >= 11 is 0. The number of benzene rings is 4. The van der Waals surface area contributed by atoms with Crippen molar-refractivity contribution in [1.82, 2.24) is 9.78 Å². The van der Waals surface area contributed by atoms with E-state index in [1.165, 1.54) is 11.1 Å². The van der Waals surface area contributed by atoms with Crippen LogP contribution in [0.2, 0.25) is 0 Å². The van der Waals surface area contributed by atoms with Gasteiger partial charge in [0.2, 0.25) is 0 Å². The van der Waals surface area contributed by atoms with E-state index in [1.54, 1.807) is 0 Å². The summed E-state index contributed by atoms with van der Waals surface area (Å²) in [7, 11) is 0. The molecule has 0 amide bonds. The van der Waals surface area contributed by atoms with Crippen molar-refractivity contribution in [2.24, 2.45) is 0 Å². The largest absolute Gasteiger partial charge is 0.340 e. The Morgan fingerprint density at radius 2 is 1.12 bits per heavy atom. The van der Waals surface area contributed by atoms with E-state index in [0.717, 1.165) is 39.6 Å². The van der Waals surface area contributed by atoms with Gasteiger partial charge in [0.1, 0.15) is 11.5 Å². The van der Waals surface area contributed by atoms with Gasteiger partial charge in [0.25, 0.3) is 0 Å². The molecule has 4 aromatic carbocycles. The van der Waals surface area contributed by atoms with Crippen LogP contribution in [-0.4, -0.2) is 9.78 Å². The van der Waals surface area contributed by atoms with Crippen LogP contribution in [0.15, 0.2) is 109 Å². The monoisotopic (exact) mass is 415 g/mol. The molecule has 0 fully saturated rings. The van der Waals surface area contributed by atoms with Gasteiger partial charge in [0, 0.05) is 11.3 Å². The minimum atomic E-state index is 0.947. The number of aromatic nitrogens is 2. The molecule has 3 nitrogen and oxygen atoms in total. The lowest BCUT2D eigenvalue weighted by atomic mass is 10.0. The first-order valence-electron chi connectivity index (χ1n) is 10.8. The van der Waals surface area contributed by atoms with Crippen LogP contribution in [0.1, 0.15) is 11.1 Å². The maximum absolute atomic E-state index is 5.12. The van der Waals surface area contributed by atoms with Crippen molar-refractivity contribution in [1.29, 1.82) is 0 Å². The second-order valence-electron chi connectivity index (χ2n) is 8.04. The van der Waals surface area contributed by atoms with Crippen LogP contribution in [0, 0.1) is 13.8 Å². The summed E-state index contributed by atoms with van der Waals surface area (Å²) in [4.78, 5) is 0. The average Bonchev–Trinajstić information content (AvgIpc) is 3.21. The lowest BCUT2D eigenvalue weighted by molar-refractivity contribution is 0.891. The normalized spacial score (nSPS) is 10.8. The molecule has 0 radical (unpaired) electrons. The Balaban J connectivity index is 1.78. The maximum Gasteiger partial charge on any atom is 0.142 e. The Morgan fingerprint density at radius 1 is 0.594 bits per heavy atom. The highest BCUT2D eigenvalue weighted by Crippen LogP contribution is 2.40. The molecule has 5 aromatic rings. The second-order valence-corrected chi connectivity index (χ2v) is 8.04. The lowest BCUT2D eigenvalue weighted by Crippen LogP contribution is -2.03. The second kappa shape index (κ2) is 8.56. The standard InChI is InChI=1S/C29H25N3/c1-21-13-17-25(18-14-21)30-29-27(23-9-5-3-6-10-23)28(24-11-7-4-8-12-24)31-32(29)26-19-15-22(2)16-20-26/h3-20,30H,1-2H3. The zero-order chi connectivity index (χ0) is 21.9. The molecule has 0 saturated carbocycles. The average molecular weight is 416 g/mol. The molecule has 32 heavy (non-hydrogen) atoms. The molecule has 1 aromatic heterocycles. The van der Waals surface area contributed by atoms with E-state index < -0.39 is 0 Å². The van der Waals surface area contributed by atoms with Crippen LogP contribution in [0.5, 0.6) is 0 Å². The number of rotatable bonds is 5. The van der Waals surface area contributed by atoms with Crippen LogP contribution in [-0.2, 0) is 0 Å². The van der Waals surface area contributed by atoms with Crippen molar-refractivity contribution in [3.8, 4) is 28.1 Å². The van der Waals surface area contributed by atoms with Crippen molar-refractivity contribution in [2.45, 2.75) is 13.8 Å². The summed E-state index contributed by atoms with van der Waals surface area (Å²) in [5.74, 6) is 0.947. The minimum absolute atomic E-state index is 0.947. The van der Waals surface area contributed by atoms with Crippen molar-refractivity contribution in [2.75, 3.05) is 5.32 Å². The van der Waals surface area contributed by atoms with Gasteiger partial charge in [-0.05, 0) is 43.7 Å². The number of hydrogen-bond donors (Lipinski definition) is 1. The van der Waals surface area contributed by atoms with Crippen LogP contribution in [0.3, 0.4) is 0 Å². The first-order chi connectivity index (χ1) is 15.7. The van der Waals surface area contributed by atoms with Crippen LogP contribution in [0.4, 0.5) is 11.5 Å². The summed E-state index contributed by atoms with van der Waals surface area (Å²) in [6.45, 7) is 4.20. The van der Waals surface area contributed by atoms with E-state index in [0.29, 0.717) is 0 Å². The molecule has 1 N–H and O–H groups in total. The molecule has 0 spiro atoms. The highest BCUT2D eigenvalue weighted by Gasteiger charge is 2.22. The SMILES string of the molecule is Cc1ccc(Nc2c(-c3ccccc3)c(-c3ccccc3)nn2-c2ccc(C)cc2)cc1. The zero-order valence-corrected chi connectivity index (χ0v) is 18.3. The molecular weight excluding hydrogens is 390 g/mol. The molecule has 0 unspecified atom stereocenters. The van der Waals surface area contributed by atoms with E-state index in [2.05, 4.69) is 116 Å². The Morgan fingerprint density at radius 3 is 1.72 bits per heavy atom. The van der Waals surface area contributed by atoms with Crippen LogP contribution < -0.4 is 5.32 Å². The van der Waals surface area contributed by atoms with Crippen LogP contribution in [0.25, 0.3) is 28.1 Å². The third kappa shape index (κ3) is 3.93. The molecule has 156 valence electrons. The van der Waals surface area contributed by atoms with Gasteiger partial charge in [0.15, 0.2) is 0 Å². The smallest absolute Gasteiger partial charge is 0.142 e.